The molecule has 28 heavy (non-hydrogen) atoms. The van der Waals surface area contributed by atoms with Crippen LogP contribution in [0.15, 0.2) is 91.3 Å². The Labute approximate surface area is 162 Å². The lowest BCUT2D eigenvalue weighted by molar-refractivity contribution is 0.103. The summed E-state index contributed by atoms with van der Waals surface area (Å²) in [5.74, 6) is 5.44. The van der Waals surface area contributed by atoms with Gasteiger partial charge in [-0.2, -0.15) is 0 Å². The van der Waals surface area contributed by atoms with Gasteiger partial charge in [0.2, 0.25) is 0 Å². The van der Waals surface area contributed by atoms with Crippen LogP contribution >= 0.6 is 0 Å². The molecule has 0 saturated carbocycles. The Morgan fingerprint density at radius 3 is 2.25 bits per heavy atom. The summed E-state index contributed by atoms with van der Waals surface area (Å²) < 4.78 is 14.1. The number of aromatic nitrogens is 1. The molecular weight excluding hydrogens is 349 g/mol. The highest BCUT2D eigenvalue weighted by Crippen LogP contribution is 2.29. The van der Waals surface area contributed by atoms with E-state index in [1.54, 1.807) is 24.5 Å². The first-order valence-electron chi connectivity index (χ1n) is 8.86. The van der Waals surface area contributed by atoms with Crippen molar-refractivity contribution in [2.45, 2.75) is 0 Å². The SMILES string of the molecule is O=C(c1ccccc1F)c1c[nH]cc1-c1ccccc1C#Cc1ccccc1. The summed E-state index contributed by atoms with van der Waals surface area (Å²) >= 11 is 0. The zero-order valence-electron chi connectivity index (χ0n) is 14.9. The lowest BCUT2D eigenvalue weighted by atomic mass is 9.95. The van der Waals surface area contributed by atoms with Gasteiger partial charge >= 0.3 is 0 Å². The molecule has 2 nitrogen and oxygen atoms in total. The van der Waals surface area contributed by atoms with E-state index < -0.39 is 5.82 Å². The Balaban J connectivity index is 1.77. The van der Waals surface area contributed by atoms with E-state index in [-0.39, 0.29) is 11.3 Å². The van der Waals surface area contributed by atoms with Crippen molar-refractivity contribution in [1.29, 1.82) is 0 Å². The Hall–Kier alpha value is -3.90. The van der Waals surface area contributed by atoms with Crippen molar-refractivity contribution >= 4 is 5.78 Å². The number of ketones is 1. The Bertz CT molecular complexity index is 1200. The van der Waals surface area contributed by atoms with Gasteiger partial charge in [0.15, 0.2) is 5.78 Å². The molecule has 4 aromatic rings. The van der Waals surface area contributed by atoms with Crippen molar-refractivity contribution in [2.24, 2.45) is 0 Å². The molecule has 1 heterocycles. The number of hydrogen-bond donors (Lipinski definition) is 1. The van der Waals surface area contributed by atoms with E-state index in [4.69, 9.17) is 0 Å². The van der Waals surface area contributed by atoms with Gasteiger partial charge in [0.05, 0.1) is 5.56 Å². The Kier molecular flexibility index (Phi) is 4.86. The van der Waals surface area contributed by atoms with E-state index in [0.29, 0.717) is 11.1 Å². The van der Waals surface area contributed by atoms with Crippen LogP contribution in [0.5, 0.6) is 0 Å². The first-order valence-corrected chi connectivity index (χ1v) is 8.86. The van der Waals surface area contributed by atoms with Gasteiger partial charge in [0.1, 0.15) is 5.82 Å². The highest BCUT2D eigenvalue weighted by Gasteiger charge is 2.19. The summed E-state index contributed by atoms with van der Waals surface area (Å²) in [5.41, 5.74) is 3.70. The first-order chi connectivity index (χ1) is 13.7. The number of carbonyl (C=O) groups excluding carboxylic acids is 1. The van der Waals surface area contributed by atoms with Crippen LogP contribution in [0.4, 0.5) is 4.39 Å². The summed E-state index contributed by atoms with van der Waals surface area (Å²) in [6.07, 6.45) is 3.35. The maximum absolute atomic E-state index is 14.1. The molecule has 0 bridgehead atoms. The molecule has 0 saturated heterocycles. The average Bonchev–Trinajstić information content (AvgIpc) is 3.23. The minimum Gasteiger partial charge on any atom is -0.366 e. The molecule has 1 aromatic heterocycles. The number of nitrogens with one attached hydrogen (secondary N) is 1. The maximum Gasteiger partial charge on any atom is 0.198 e. The van der Waals surface area contributed by atoms with Crippen LogP contribution in [0.1, 0.15) is 27.0 Å². The second-order valence-electron chi connectivity index (χ2n) is 6.25. The van der Waals surface area contributed by atoms with Gasteiger partial charge in [-0.15, -0.1) is 0 Å². The normalized spacial score (nSPS) is 10.2. The molecule has 0 spiro atoms. The van der Waals surface area contributed by atoms with Crippen LogP contribution in [-0.4, -0.2) is 10.8 Å². The number of rotatable bonds is 3. The first kappa shape index (κ1) is 17.5. The smallest absolute Gasteiger partial charge is 0.198 e. The zero-order chi connectivity index (χ0) is 19.3. The van der Waals surface area contributed by atoms with Gasteiger partial charge < -0.3 is 4.98 Å². The van der Waals surface area contributed by atoms with E-state index >= 15 is 0 Å². The molecule has 0 radical (unpaired) electrons. The van der Waals surface area contributed by atoms with Gasteiger partial charge in [-0.25, -0.2) is 4.39 Å². The van der Waals surface area contributed by atoms with Crippen molar-refractivity contribution in [2.75, 3.05) is 0 Å². The van der Waals surface area contributed by atoms with Gasteiger partial charge in [0, 0.05) is 34.6 Å². The summed E-state index contributed by atoms with van der Waals surface area (Å²) in [6.45, 7) is 0. The Morgan fingerprint density at radius 1 is 0.714 bits per heavy atom. The van der Waals surface area contributed by atoms with Crippen LogP contribution < -0.4 is 0 Å². The van der Waals surface area contributed by atoms with Crippen LogP contribution in [-0.2, 0) is 0 Å². The molecule has 0 unspecified atom stereocenters. The van der Waals surface area contributed by atoms with E-state index in [9.17, 15) is 9.18 Å². The van der Waals surface area contributed by atoms with Crippen molar-refractivity contribution in [3.63, 3.8) is 0 Å². The molecular formula is C25H16FNO. The molecule has 3 heteroatoms. The van der Waals surface area contributed by atoms with Crippen molar-refractivity contribution in [1.82, 2.24) is 4.98 Å². The minimum atomic E-state index is -0.531. The minimum absolute atomic E-state index is 0.0520. The zero-order valence-corrected chi connectivity index (χ0v) is 14.9. The average molecular weight is 365 g/mol. The summed E-state index contributed by atoms with van der Waals surface area (Å²) in [7, 11) is 0. The molecule has 0 fully saturated rings. The topological polar surface area (TPSA) is 32.9 Å². The van der Waals surface area contributed by atoms with Crippen molar-refractivity contribution < 1.29 is 9.18 Å². The van der Waals surface area contributed by atoms with Gasteiger partial charge in [0.25, 0.3) is 0 Å². The standard InChI is InChI=1S/C25H16FNO/c26-24-13-7-6-12-21(24)25(28)23-17-27-16-22(23)20-11-5-4-10-19(20)15-14-18-8-2-1-3-9-18/h1-13,16-17,27H. The van der Waals surface area contributed by atoms with Gasteiger partial charge in [-0.1, -0.05) is 60.4 Å². The third kappa shape index (κ3) is 3.49. The van der Waals surface area contributed by atoms with Gasteiger partial charge in [-0.3, -0.25) is 4.79 Å². The lowest BCUT2D eigenvalue weighted by Crippen LogP contribution is -2.04. The summed E-state index contributed by atoms with van der Waals surface area (Å²) in [5, 5.41) is 0. The third-order valence-electron chi connectivity index (χ3n) is 4.44. The number of halogens is 1. The van der Waals surface area contributed by atoms with Crippen LogP contribution in [0.3, 0.4) is 0 Å². The molecule has 0 atom stereocenters. The summed E-state index contributed by atoms with van der Waals surface area (Å²) in [6, 6.07) is 23.3. The van der Waals surface area contributed by atoms with E-state index in [1.807, 2.05) is 54.6 Å². The quantitative estimate of drug-likeness (QED) is 0.380. The molecule has 0 aliphatic heterocycles. The van der Waals surface area contributed by atoms with Crippen LogP contribution in [0, 0.1) is 17.7 Å². The molecule has 134 valence electrons. The van der Waals surface area contributed by atoms with Crippen LogP contribution in [0.2, 0.25) is 0 Å². The number of hydrogen-bond acceptors (Lipinski definition) is 1. The number of carbonyl (C=O) groups is 1. The van der Waals surface area contributed by atoms with E-state index in [0.717, 1.165) is 16.7 Å². The van der Waals surface area contributed by atoms with Gasteiger partial charge in [-0.05, 0) is 35.9 Å². The fourth-order valence-electron chi connectivity index (χ4n) is 3.05. The highest BCUT2D eigenvalue weighted by molar-refractivity contribution is 6.13. The molecule has 1 N–H and O–H groups in total. The number of benzene rings is 3. The predicted octanol–water partition coefficient (Wildman–Crippen LogP) is 5.45. The summed E-state index contributed by atoms with van der Waals surface area (Å²) in [4.78, 5) is 15.9. The fourth-order valence-corrected chi connectivity index (χ4v) is 3.05. The molecule has 0 aliphatic rings. The van der Waals surface area contributed by atoms with Crippen molar-refractivity contribution in [3.05, 3.63) is 119 Å². The second kappa shape index (κ2) is 7.77. The van der Waals surface area contributed by atoms with Crippen LogP contribution in [0.25, 0.3) is 11.1 Å². The molecule has 3 aromatic carbocycles. The maximum atomic E-state index is 14.1. The number of H-pyrrole nitrogens is 1. The monoisotopic (exact) mass is 365 g/mol. The third-order valence-corrected chi connectivity index (χ3v) is 4.44. The highest BCUT2D eigenvalue weighted by atomic mass is 19.1. The van der Waals surface area contributed by atoms with Crippen molar-refractivity contribution in [3.8, 4) is 23.0 Å². The predicted molar refractivity (Wildman–Crippen MR) is 108 cm³/mol. The largest absolute Gasteiger partial charge is 0.366 e. The number of aromatic amines is 1. The molecule has 4 rings (SSSR count). The molecule has 0 aliphatic carbocycles. The fraction of sp³-hybridized carbons (Fsp3) is 0. The van der Waals surface area contributed by atoms with E-state index in [2.05, 4.69) is 16.8 Å². The molecule has 0 amide bonds. The second-order valence-corrected chi connectivity index (χ2v) is 6.25. The van der Waals surface area contributed by atoms with E-state index in [1.165, 1.54) is 12.1 Å². The Morgan fingerprint density at radius 2 is 1.43 bits per heavy atom. The lowest BCUT2D eigenvalue weighted by Gasteiger charge is -2.07.